The number of hydrogen-bond donors (Lipinski definition) is 3. The monoisotopic (exact) mass is 486 g/mol. The van der Waals surface area contributed by atoms with Gasteiger partial charge in [0.05, 0.1) is 25.9 Å². The number of hydrogen-bond acceptors (Lipinski definition) is 4. The van der Waals surface area contributed by atoms with Crippen molar-refractivity contribution in [1.82, 2.24) is 16.0 Å². The zero-order valence-corrected chi connectivity index (χ0v) is 18.2. The SMILES string of the molecule is CN=C(NCC(=O)NCc1ccco1)NCC(C)Oc1cccc(C)c1.I. The van der Waals surface area contributed by atoms with E-state index in [2.05, 4.69) is 20.9 Å². The lowest BCUT2D eigenvalue weighted by molar-refractivity contribution is -0.120. The van der Waals surface area contributed by atoms with E-state index in [-0.39, 0.29) is 42.5 Å². The summed E-state index contributed by atoms with van der Waals surface area (Å²) >= 11 is 0. The molecule has 0 aliphatic heterocycles. The Morgan fingerprint density at radius 3 is 2.70 bits per heavy atom. The molecule has 2 aromatic rings. The van der Waals surface area contributed by atoms with Gasteiger partial charge < -0.3 is 25.1 Å². The van der Waals surface area contributed by atoms with E-state index in [1.807, 2.05) is 44.2 Å². The van der Waals surface area contributed by atoms with Gasteiger partial charge in [0.15, 0.2) is 5.96 Å². The van der Waals surface area contributed by atoms with Crippen molar-refractivity contribution in [2.45, 2.75) is 26.5 Å². The molecule has 8 heteroatoms. The zero-order valence-electron chi connectivity index (χ0n) is 15.8. The second-order valence-electron chi connectivity index (χ2n) is 5.91. The molecule has 1 unspecified atom stereocenters. The van der Waals surface area contributed by atoms with Crippen LogP contribution in [0.1, 0.15) is 18.2 Å². The molecule has 1 atom stereocenters. The van der Waals surface area contributed by atoms with Crippen molar-refractivity contribution in [2.24, 2.45) is 4.99 Å². The minimum absolute atomic E-state index is 0. The zero-order chi connectivity index (χ0) is 18.8. The highest BCUT2D eigenvalue weighted by Gasteiger charge is 2.08. The average Bonchev–Trinajstić information content (AvgIpc) is 3.13. The van der Waals surface area contributed by atoms with E-state index in [0.29, 0.717) is 24.8 Å². The van der Waals surface area contributed by atoms with Crippen LogP contribution >= 0.6 is 24.0 Å². The Kier molecular flexibility index (Phi) is 10.3. The minimum Gasteiger partial charge on any atom is -0.489 e. The van der Waals surface area contributed by atoms with Crippen LogP contribution < -0.4 is 20.7 Å². The molecule has 0 spiro atoms. The highest BCUT2D eigenvalue weighted by Crippen LogP contribution is 2.13. The van der Waals surface area contributed by atoms with Crippen LogP contribution in [0.25, 0.3) is 0 Å². The van der Waals surface area contributed by atoms with Crippen molar-refractivity contribution in [3.05, 3.63) is 54.0 Å². The van der Waals surface area contributed by atoms with Crippen LogP contribution in [0, 0.1) is 6.92 Å². The largest absolute Gasteiger partial charge is 0.489 e. The van der Waals surface area contributed by atoms with Crippen molar-refractivity contribution in [1.29, 1.82) is 0 Å². The summed E-state index contributed by atoms with van der Waals surface area (Å²) in [6.45, 7) is 5.03. The van der Waals surface area contributed by atoms with Crippen molar-refractivity contribution in [2.75, 3.05) is 20.1 Å². The Hall–Kier alpha value is -2.23. The number of furan rings is 1. The molecule has 1 heterocycles. The molecule has 7 nitrogen and oxygen atoms in total. The number of nitrogens with zero attached hydrogens (tertiary/aromatic N) is 1. The van der Waals surface area contributed by atoms with Gasteiger partial charge in [0.1, 0.15) is 17.6 Å². The number of amides is 1. The second-order valence-corrected chi connectivity index (χ2v) is 5.91. The third-order valence-electron chi connectivity index (χ3n) is 3.56. The predicted molar refractivity (Wildman–Crippen MR) is 117 cm³/mol. The minimum atomic E-state index is -0.145. The van der Waals surface area contributed by atoms with E-state index < -0.39 is 0 Å². The first kappa shape index (κ1) is 22.8. The molecule has 0 saturated carbocycles. The van der Waals surface area contributed by atoms with Crippen LogP contribution in [0.2, 0.25) is 0 Å². The third kappa shape index (κ3) is 8.80. The maximum Gasteiger partial charge on any atom is 0.239 e. The predicted octanol–water partition coefficient (Wildman–Crippen LogP) is 2.45. The lowest BCUT2D eigenvalue weighted by Gasteiger charge is -2.18. The summed E-state index contributed by atoms with van der Waals surface area (Å²) < 4.78 is 11.0. The van der Waals surface area contributed by atoms with Crippen LogP contribution in [0.3, 0.4) is 0 Å². The van der Waals surface area contributed by atoms with Crippen molar-refractivity contribution < 1.29 is 13.9 Å². The van der Waals surface area contributed by atoms with E-state index in [1.165, 1.54) is 0 Å². The van der Waals surface area contributed by atoms with Gasteiger partial charge >= 0.3 is 0 Å². The van der Waals surface area contributed by atoms with Gasteiger partial charge in [0.2, 0.25) is 5.91 Å². The first-order valence-electron chi connectivity index (χ1n) is 8.53. The summed E-state index contributed by atoms with van der Waals surface area (Å²) in [5.41, 5.74) is 1.15. The van der Waals surface area contributed by atoms with Gasteiger partial charge in [0.25, 0.3) is 0 Å². The van der Waals surface area contributed by atoms with Gasteiger partial charge in [-0.25, -0.2) is 0 Å². The quantitative estimate of drug-likeness (QED) is 0.303. The van der Waals surface area contributed by atoms with Crippen LogP contribution in [0.5, 0.6) is 5.75 Å². The molecule has 1 aromatic carbocycles. The number of carbonyl (C=O) groups is 1. The van der Waals surface area contributed by atoms with E-state index >= 15 is 0 Å². The second kappa shape index (κ2) is 12.2. The van der Waals surface area contributed by atoms with Crippen LogP contribution in [0.4, 0.5) is 0 Å². The molecule has 0 aliphatic rings. The van der Waals surface area contributed by atoms with Crippen molar-refractivity contribution in [3.63, 3.8) is 0 Å². The summed E-state index contributed by atoms with van der Waals surface area (Å²) in [6, 6.07) is 11.5. The summed E-state index contributed by atoms with van der Waals surface area (Å²) in [6.07, 6.45) is 1.52. The molecule has 0 fully saturated rings. The molecular formula is C19H27IN4O3. The van der Waals surface area contributed by atoms with Gasteiger partial charge in [-0.3, -0.25) is 9.79 Å². The number of aryl methyl sites for hydroxylation is 1. The van der Waals surface area contributed by atoms with Gasteiger partial charge in [-0.1, -0.05) is 12.1 Å². The molecular weight excluding hydrogens is 459 g/mol. The fraction of sp³-hybridized carbons (Fsp3) is 0.368. The molecule has 0 saturated heterocycles. The highest BCUT2D eigenvalue weighted by atomic mass is 127. The standard InChI is InChI=1S/C19H26N4O3.HI/c1-14-6-4-7-16(10-14)26-15(2)11-22-19(20-3)23-13-18(24)21-12-17-8-5-9-25-17;/h4-10,15H,11-13H2,1-3H3,(H,21,24)(H2,20,22,23);1H. The van der Waals surface area contributed by atoms with Gasteiger partial charge in [0, 0.05) is 7.05 Å². The summed E-state index contributed by atoms with van der Waals surface area (Å²) in [5, 5.41) is 8.88. The molecule has 2 rings (SSSR count). The van der Waals surface area contributed by atoms with Crippen LogP contribution in [0.15, 0.2) is 52.1 Å². The molecule has 148 valence electrons. The van der Waals surface area contributed by atoms with Crippen molar-refractivity contribution in [3.8, 4) is 5.75 Å². The third-order valence-corrected chi connectivity index (χ3v) is 3.56. The van der Waals surface area contributed by atoms with Gasteiger partial charge in [-0.05, 0) is 43.7 Å². The van der Waals surface area contributed by atoms with Crippen LogP contribution in [-0.2, 0) is 11.3 Å². The average molecular weight is 486 g/mol. The number of aliphatic imine (C=N–C) groups is 1. The number of benzene rings is 1. The summed E-state index contributed by atoms with van der Waals surface area (Å²) in [5.74, 6) is 1.94. The lowest BCUT2D eigenvalue weighted by atomic mass is 10.2. The first-order valence-corrected chi connectivity index (χ1v) is 8.53. The molecule has 27 heavy (non-hydrogen) atoms. The molecule has 0 bridgehead atoms. The smallest absolute Gasteiger partial charge is 0.239 e. The van der Waals surface area contributed by atoms with E-state index in [4.69, 9.17) is 9.15 Å². The number of rotatable bonds is 8. The number of guanidine groups is 1. The Bertz CT molecular complexity index is 720. The maximum atomic E-state index is 11.8. The normalized spacial score (nSPS) is 11.9. The number of ether oxygens (including phenoxy) is 1. The Morgan fingerprint density at radius 1 is 1.22 bits per heavy atom. The van der Waals surface area contributed by atoms with E-state index in [1.54, 1.807) is 19.4 Å². The lowest BCUT2D eigenvalue weighted by Crippen LogP contribution is -2.45. The van der Waals surface area contributed by atoms with E-state index in [9.17, 15) is 4.79 Å². The molecule has 3 N–H and O–H groups in total. The molecule has 1 aromatic heterocycles. The fourth-order valence-corrected chi connectivity index (χ4v) is 2.25. The summed E-state index contributed by atoms with van der Waals surface area (Å²) in [7, 11) is 1.65. The fourth-order valence-electron chi connectivity index (χ4n) is 2.25. The summed E-state index contributed by atoms with van der Waals surface area (Å²) in [4.78, 5) is 16.0. The van der Waals surface area contributed by atoms with E-state index in [0.717, 1.165) is 11.3 Å². The number of nitrogens with one attached hydrogen (secondary N) is 3. The molecule has 0 aliphatic carbocycles. The van der Waals surface area contributed by atoms with Gasteiger partial charge in [-0.2, -0.15) is 0 Å². The number of halogens is 1. The highest BCUT2D eigenvalue weighted by molar-refractivity contribution is 14.0. The van der Waals surface area contributed by atoms with Crippen molar-refractivity contribution >= 4 is 35.8 Å². The Balaban J connectivity index is 0.00000364. The maximum absolute atomic E-state index is 11.8. The Morgan fingerprint density at radius 2 is 2.04 bits per heavy atom. The number of carbonyl (C=O) groups excluding carboxylic acids is 1. The van der Waals surface area contributed by atoms with Gasteiger partial charge in [-0.15, -0.1) is 24.0 Å². The van der Waals surface area contributed by atoms with Crippen LogP contribution in [-0.4, -0.2) is 38.1 Å². The molecule has 1 amide bonds. The Labute approximate surface area is 177 Å². The first-order chi connectivity index (χ1) is 12.6. The topological polar surface area (TPSA) is 87.9 Å². The molecule has 0 radical (unpaired) electrons.